The Labute approximate surface area is 93.3 Å². The predicted octanol–water partition coefficient (Wildman–Crippen LogP) is 2.71. The van der Waals surface area contributed by atoms with Gasteiger partial charge in [-0.3, -0.25) is 0 Å². The van der Waals surface area contributed by atoms with Crippen LogP contribution >= 0.6 is 0 Å². The topological polar surface area (TPSA) is 33.6 Å². The van der Waals surface area contributed by atoms with Crippen molar-refractivity contribution in [3.05, 3.63) is 0 Å². The molecule has 0 atom stereocenters. The summed E-state index contributed by atoms with van der Waals surface area (Å²) in [6.07, 6.45) is 7.80. The molecule has 3 heteroatoms. The molecule has 1 saturated carbocycles. The van der Waals surface area contributed by atoms with Gasteiger partial charge in [-0.05, 0) is 26.2 Å². The number of nitrogens with zero attached hydrogens (tertiary/aromatic N) is 1. The quantitative estimate of drug-likeness (QED) is 0.417. The zero-order valence-electron chi connectivity index (χ0n) is 10.1. The summed E-state index contributed by atoms with van der Waals surface area (Å²) in [5.41, 5.74) is 1.06. The van der Waals surface area contributed by atoms with Gasteiger partial charge in [-0.25, -0.2) is 0 Å². The second-order valence-corrected chi connectivity index (χ2v) is 4.30. The lowest BCUT2D eigenvalue weighted by Gasteiger charge is -2.22. The Morgan fingerprint density at radius 3 is 2.73 bits per heavy atom. The Kier molecular flexibility index (Phi) is 6.41. The van der Waals surface area contributed by atoms with Gasteiger partial charge in [0.05, 0.1) is 5.71 Å². The Hall–Kier alpha value is -0.570. The summed E-state index contributed by atoms with van der Waals surface area (Å²) < 4.78 is 0. The van der Waals surface area contributed by atoms with Crippen LogP contribution in [0.5, 0.6) is 0 Å². The third kappa shape index (κ3) is 5.78. The highest BCUT2D eigenvalue weighted by Gasteiger charge is 2.11. The number of nitrogens with one attached hydrogen (secondary N) is 1. The molecule has 0 aliphatic heterocycles. The van der Waals surface area contributed by atoms with Gasteiger partial charge in [0.1, 0.15) is 6.61 Å². The number of hydrogen-bond acceptors (Lipinski definition) is 3. The first kappa shape index (κ1) is 12.5. The second kappa shape index (κ2) is 7.69. The van der Waals surface area contributed by atoms with Crippen LogP contribution in [0.4, 0.5) is 0 Å². The molecular formula is C12H24N2O. The summed E-state index contributed by atoms with van der Waals surface area (Å²) in [5.74, 6) is 0. The van der Waals surface area contributed by atoms with Crippen molar-refractivity contribution in [1.29, 1.82) is 0 Å². The fraction of sp³-hybridized carbons (Fsp3) is 0.917. The molecule has 0 bridgehead atoms. The average Bonchev–Trinajstić information content (AvgIpc) is 2.29. The van der Waals surface area contributed by atoms with Crippen LogP contribution in [0.15, 0.2) is 5.16 Å². The van der Waals surface area contributed by atoms with Crippen molar-refractivity contribution in [2.75, 3.05) is 13.2 Å². The molecule has 1 N–H and O–H groups in total. The molecule has 0 spiro atoms. The monoisotopic (exact) mass is 212 g/mol. The summed E-state index contributed by atoms with van der Waals surface area (Å²) in [4.78, 5) is 5.20. The summed E-state index contributed by atoms with van der Waals surface area (Å²) in [6, 6.07) is 0.721. The van der Waals surface area contributed by atoms with Gasteiger partial charge in [0.15, 0.2) is 0 Å². The molecule has 0 unspecified atom stereocenters. The van der Waals surface area contributed by atoms with Crippen LogP contribution in [0.3, 0.4) is 0 Å². The van der Waals surface area contributed by atoms with Gasteiger partial charge in [-0.1, -0.05) is 31.3 Å². The molecule has 1 rings (SSSR count). The third-order valence-corrected chi connectivity index (χ3v) is 2.96. The van der Waals surface area contributed by atoms with E-state index in [0.717, 1.165) is 24.7 Å². The summed E-state index contributed by atoms with van der Waals surface area (Å²) >= 11 is 0. The Bertz CT molecular complexity index is 186. The normalized spacial score (nSPS) is 19.2. The van der Waals surface area contributed by atoms with Crippen molar-refractivity contribution in [2.45, 2.75) is 58.4 Å². The van der Waals surface area contributed by atoms with E-state index in [4.69, 9.17) is 4.84 Å². The van der Waals surface area contributed by atoms with Gasteiger partial charge in [0.2, 0.25) is 0 Å². The van der Waals surface area contributed by atoms with E-state index in [1.54, 1.807) is 0 Å². The van der Waals surface area contributed by atoms with E-state index in [-0.39, 0.29) is 0 Å². The van der Waals surface area contributed by atoms with E-state index in [2.05, 4.69) is 17.4 Å². The number of oxime groups is 1. The minimum atomic E-state index is 0.688. The van der Waals surface area contributed by atoms with Crippen molar-refractivity contribution in [3.8, 4) is 0 Å². The molecule has 1 fully saturated rings. The van der Waals surface area contributed by atoms with Gasteiger partial charge < -0.3 is 10.2 Å². The summed E-state index contributed by atoms with van der Waals surface area (Å²) in [5, 5.41) is 7.52. The highest BCUT2D eigenvalue weighted by atomic mass is 16.6. The second-order valence-electron chi connectivity index (χ2n) is 4.30. The van der Waals surface area contributed by atoms with Crippen molar-refractivity contribution in [3.63, 3.8) is 0 Å². The molecule has 3 nitrogen and oxygen atoms in total. The van der Waals surface area contributed by atoms with Crippen LogP contribution in [0.25, 0.3) is 0 Å². The minimum Gasteiger partial charge on any atom is -0.395 e. The largest absolute Gasteiger partial charge is 0.395 e. The van der Waals surface area contributed by atoms with Crippen LogP contribution in [0.1, 0.15) is 52.4 Å². The predicted molar refractivity (Wildman–Crippen MR) is 64.2 cm³/mol. The first-order valence-electron chi connectivity index (χ1n) is 6.21. The lowest BCUT2D eigenvalue weighted by molar-refractivity contribution is 0.141. The minimum absolute atomic E-state index is 0.688. The molecule has 0 saturated heterocycles. The van der Waals surface area contributed by atoms with E-state index in [0.29, 0.717) is 6.61 Å². The zero-order valence-corrected chi connectivity index (χ0v) is 10.1. The highest BCUT2D eigenvalue weighted by molar-refractivity contribution is 5.80. The molecule has 15 heavy (non-hydrogen) atoms. The van der Waals surface area contributed by atoms with Crippen LogP contribution in [0.2, 0.25) is 0 Å². The molecule has 0 radical (unpaired) electrons. The molecule has 0 aromatic carbocycles. The standard InChI is InChI=1S/C12H24N2O/c1-3-11(2)14-15-10-9-13-12-7-5-4-6-8-12/h12-13H,3-10H2,1-2H3/b14-11-. The SMILES string of the molecule is CC/C(C)=N\OCCNC1CCCCC1. The lowest BCUT2D eigenvalue weighted by Crippen LogP contribution is -2.33. The Morgan fingerprint density at radius 1 is 1.33 bits per heavy atom. The maximum absolute atomic E-state index is 5.20. The van der Waals surface area contributed by atoms with E-state index >= 15 is 0 Å². The van der Waals surface area contributed by atoms with Crippen molar-refractivity contribution in [1.82, 2.24) is 5.32 Å². The maximum atomic E-state index is 5.20. The fourth-order valence-corrected chi connectivity index (χ4v) is 1.84. The molecule has 0 aromatic rings. The number of rotatable bonds is 6. The average molecular weight is 212 g/mol. The van der Waals surface area contributed by atoms with E-state index < -0.39 is 0 Å². The van der Waals surface area contributed by atoms with Gasteiger partial charge in [-0.15, -0.1) is 0 Å². The van der Waals surface area contributed by atoms with Crippen molar-refractivity contribution < 1.29 is 4.84 Å². The van der Waals surface area contributed by atoms with Gasteiger partial charge >= 0.3 is 0 Å². The van der Waals surface area contributed by atoms with Crippen LogP contribution in [0, 0.1) is 0 Å². The van der Waals surface area contributed by atoms with Gasteiger partial charge in [0.25, 0.3) is 0 Å². The van der Waals surface area contributed by atoms with E-state index in [9.17, 15) is 0 Å². The molecule has 0 amide bonds. The Balaban J connectivity index is 1.96. The van der Waals surface area contributed by atoms with Gasteiger partial charge in [-0.2, -0.15) is 0 Å². The molecule has 0 heterocycles. The van der Waals surface area contributed by atoms with E-state index in [1.807, 2.05) is 6.92 Å². The third-order valence-electron chi connectivity index (χ3n) is 2.96. The van der Waals surface area contributed by atoms with Gasteiger partial charge in [0, 0.05) is 12.6 Å². The van der Waals surface area contributed by atoms with E-state index in [1.165, 1.54) is 32.1 Å². The summed E-state index contributed by atoms with van der Waals surface area (Å²) in [7, 11) is 0. The van der Waals surface area contributed by atoms with Crippen molar-refractivity contribution >= 4 is 5.71 Å². The summed E-state index contributed by atoms with van der Waals surface area (Å²) in [6.45, 7) is 5.69. The first-order valence-corrected chi connectivity index (χ1v) is 6.21. The zero-order chi connectivity index (χ0) is 10.9. The molecule has 1 aliphatic rings. The Morgan fingerprint density at radius 2 is 2.07 bits per heavy atom. The molecule has 1 aliphatic carbocycles. The number of hydrogen-bond donors (Lipinski definition) is 1. The van der Waals surface area contributed by atoms with Crippen molar-refractivity contribution in [2.24, 2.45) is 5.16 Å². The van der Waals surface area contributed by atoms with Crippen LogP contribution in [-0.4, -0.2) is 24.9 Å². The molecule has 0 aromatic heterocycles. The maximum Gasteiger partial charge on any atom is 0.129 e. The molecular weight excluding hydrogens is 188 g/mol. The molecule has 88 valence electrons. The smallest absolute Gasteiger partial charge is 0.129 e. The van der Waals surface area contributed by atoms with Crippen LogP contribution < -0.4 is 5.32 Å². The lowest BCUT2D eigenvalue weighted by atomic mass is 9.96. The highest BCUT2D eigenvalue weighted by Crippen LogP contribution is 2.16. The van der Waals surface area contributed by atoms with Crippen LogP contribution in [-0.2, 0) is 4.84 Å². The fourth-order valence-electron chi connectivity index (χ4n) is 1.84. The first-order chi connectivity index (χ1) is 7.33.